The Morgan fingerprint density at radius 3 is 2.40 bits per heavy atom. The highest BCUT2D eigenvalue weighted by atomic mass is 35.5. The molecule has 2 unspecified atom stereocenters. The summed E-state index contributed by atoms with van der Waals surface area (Å²) in [5.74, 6) is -9.38. The number of aliphatic imine (C=N–C) groups is 1. The van der Waals surface area contributed by atoms with Crippen LogP contribution in [0.1, 0.15) is 52.8 Å². The third kappa shape index (κ3) is 9.59. The van der Waals surface area contributed by atoms with E-state index in [2.05, 4.69) is 37.3 Å². The first-order valence-electron chi connectivity index (χ1n) is 17.6. The Balaban J connectivity index is 1.64. The number of aryl methyl sites for hydroxylation is 1. The van der Waals surface area contributed by atoms with E-state index in [1.807, 2.05) is 0 Å². The smallest absolute Gasteiger partial charge is 0.386 e. The van der Waals surface area contributed by atoms with Crippen molar-refractivity contribution in [2.45, 2.75) is 50.9 Å². The lowest BCUT2D eigenvalue weighted by Crippen LogP contribution is -2.48. The van der Waals surface area contributed by atoms with Gasteiger partial charge in [0.25, 0.3) is 18.3 Å². The van der Waals surface area contributed by atoms with Crippen molar-refractivity contribution in [1.82, 2.24) is 29.6 Å². The van der Waals surface area contributed by atoms with Crippen LogP contribution in [-0.4, -0.2) is 69.8 Å². The summed E-state index contributed by atoms with van der Waals surface area (Å²) >= 11 is 7.55. The molecule has 1 aliphatic carbocycles. The molecule has 0 bridgehead atoms. The number of carbonyl (C=O) groups is 2. The molecule has 2 aromatic carbocycles. The monoisotopic (exact) mass is 890 g/mol. The van der Waals surface area contributed by atoms with Crippen LogP contribution in [0.25, 0.3) is 5.70 Å². The van der Waals surface area contributed by atoms with Gasteiger partial charge in [-0.1, -0.05) is 30.5 Å². The Bertz CT molecular complexity index is 2330. The highest BCUT2D eigenvalue weighted by Crippen LogP contribution is 2.48. The number of amides is 2. The van der Waals surface area contributed by atoms with Gasteiger partial charge in [0, 0.05) is 50.5 Å². The van der Waals surface area contributed by atoms with Crippen molar-refractivity contribution in [3.63, 3.8) is 0 Å². The Morgan fingerprint density at radius 2 is 1.83 bits per heavy atom. The number of alkyl halides is 7. The first-order chi connectivity index (χ1) is 28.1. The van der Waals surface area contributed by atoms with Crippen molar-refractivity contribution in [2.75, 3.05) is 30.1 Å². The Kier molecular flexibility index (Phi) is 13.7. The van der Waals surface area contributed by atoms with Crippen LogP contribution in [-0.2, 0) is 48.1 Å². The van der Waals surface area contributed by atoms with Gasteiger partial charge in [0.15, 0.2) is 5.69 Å². The third-order valence-electron chi connectivity index (χ3n) is 9.46. The second-order valence-corrected chi connectivity index (χ2v) is 14.6. The summed E-state index contributed by atoms with van der Waals surface area (Å²) in [5.41, 5.74) is -4.17. The lowest BCUT2D eigenvalue weighted by molar-refractivity contribution is -0.141. The van der Waals surface area contributed by atoms with Crippen LogP contribution < -0.4 is 20.3 Å². The molecule has 5 rings (SSSR count). The predicted molar refractivity (Wildman–Crippen MR) is 209 cm³/mol. The number of hydrogen-bond acceptors (Lipinski definition) is 8. The highest BCUT2D eigenvalue weighted by molar-refractivity contribution is 7.97. The summed E-state index contributed by atoms with van der Waals surface area (Å²) < 4.78 is 132. The number of nitrogens with one attached hydrogen (secondary N) is 4. The number of carbonyl (C=O) groups excluding carboxylic acids is 2. The molecule has 1 aliphatic rings. The van der Waals surface area contributed by atoms with Crippen molar-refractivity contribution in [1.29, 1.82) is 5.41 Å². The first-order valence-corrected chi connectivity index (χ1v) is 19.2. The average molecular weight is 891 g/mol. The normalized spacial score (nSPS) is 15.4. The van der Waals surface area contributed by atoms with Crippen LogP contribution in [0.2, 0.25) is 5.02 Å². The quantitative estimate of drug-likeness (QED) is 0.0318. The van der Waals surface area contributed by atoms with Gasteiger partial charge in [-0.25, -0.2) is 17.6 Å². The summed E-state index contributed by atoms with van der Waals surface area (Å²) in [6.45, 7) is 2.90. The maximum atomic E-state index is 15.3. The molecule has 0 saturated heterocycles. The minimum Gasteiger partial charge on any atom is -0.386 e. The summed E-state index contributed by atoms with van der Waals surface area (Å²) in [5, 5.41) is 21.1. The SMILES string of the molecule is C=N/C(=C\C(=O)N(CC(Cc1cc(F)cc(F)c1)NC(=O)Cn1nc(C(F)F)c2c1C(F)(F)C(C)C2)c1ccc(Cl)c(C(=N)NSC)c1NC)c1cc(C(F)(F)F)nn1C. The maximum Gasteiger partial charge on any atom is 0.435 e. The fraction of sp³-hybridized carbons (Fsp3) is 0.351. The minimum absolute atomic E-state index is 0.0294. The number of rotatable bonds is 15. The standard InChI is InChI=1S/C37H36ClF9N10O2S/c1-17-8-22-31(34(41)42)53-57(33(22)36(17,43)44)16-28(58)51-21(11-18-9-19(39)12-20(40)10-18)15-56(25-7-6-23(38)30(32(25)50-3)35(48)54-60-5)29(59)13-24(49-2)26-14-27(37(45,46)47)52-55(26)4/h6-7,9-10,12-14,17,21,34,50H,2,8,11,15-16H2,1,3-5H3,(H2,48,54)(H,51,58)/b24-13-. The minimum atomic E-state index is -4.87. The highest BCUT2D eigenvalue weighted by Gasteiger charge is 2.51. The number of halogens is 10. The number of amidine groups is 1. The summed E-state index contributed by atoms with van der Waals surface area (Å²) in [7, 11) is 2.59. The molecule has 0 fully saturated rings. The third-order valence-corrected chi connectivity index (χ3v) is 10.2. The molecule has 0 spiro atoms. The van der Waals surface area contributed by atoms with E-state index in [1.165, 1.54) is 26.2 Å². The zero-order chi connectivity index (χ0) is 44.4. The lowest BCUT2D eigenvalue weighted by Gasteiger charge is -2.30. The van der Waals surface area contributed by atoms with E-state index in [9.17, 15) is 40.3 Å². The molecule has 23 heteroatoms. The molecule has 12 nitrogen and oxygen atoms in total. The summed E-state index contributed by atoms with van der Waals surface area (Å²) in [4.78, 5) is 33.0. The lowest BCUT2D eigenvalue weighted by atomic mass is 10.0. The van der Waals surface area contributed by atoms with Gasteiger partial charge in [0.1, 0.15) is 35.4 Å². The zero-order valence-corrected chi connectivity index (χ0v) is 33.6. The average Bonchev–Trinajstić information content (AvgIpc) is 3.79. The van der Waals surface area contributed by atoms with Crippen LogP contribution in [0.4, 0.5) is 50.9 Å². The van der Waals surface area contributed by atoms with Gasteiger partial charge in [-0.05, 0) is 55.5 Å². The van der Waals surface area contributed by atoms with Crippen molar-refractivity contribution < 1.29 is 49.1 Å². The van der Waals surface area contributed by atoms with E-state index >= 15 is 8.78 Å². The Morgan fingerprint density at radius 1 is 1.17 bits per heavy atom. The topological polar surface area (TPSA) is 145 Å². The van der Waals surface area contributed by atoms with Gasteiger partial charge >= 0.3 is 6.18 Å². The molecule has 0 saturated carbocycles. The summed E-state index contributed by atoms with van der Waals surface area (Å²) in [6.07, 6.45) is -6.56. The molecule has 2 atom stereocenters. The molecule has 322 valence electrons. The molecule has 4 aromatic rings. The van der Waals surface area contributed by atoms with Crippen LogP contribution in [0.5, 0.6) is 0 Å². The van der Waals surface area contributed by atoms with Crippen LogP contribution >= 0.6 is 23.5 Å². The molecule has 2 heterocycles. The largest absolute Gasteiger partial charge is 0.435 e. The van der Waals surface area contributed by atoms with Gasteiger partial charge in [-0.3, -0.25) is 29.4 Å². The molecule has 60 heavy (non-hydrogen) atoms. The number of fused-ring (bicyclic) bond motifs is 1. The molecule has 0 radical (unpaired) electrons. The van der Waals surface area contributed by atoms with Crippen molar-refractivity contribution >= 4 is 65.0 Å². The zero-order valence-electron chi connectivity index (χ0n) is 32.0. The van der Waals surface area contributed by atoms with E-state index in [4.69, 9.17) is 17.0 Å². The molecular formula is C37H36ClF9N10O2S. The maximum absolute atomic E-state index is 15.3. The molecule has 2 aromatic heterocycles. The van der Waals surface area contributed by atoms with E-state index in [-0.39, 0.29) is 39.1 Å². The fourth-order valence-corrected chi connectivity index (χ4v) is 7.40. The number of hydrogen-bond donors (Lipinski definition) is 4. The number of nitrogens with zero attached hydrogens (tertiary/aromatic N) is 6. The Hall–Kier alpha value is -5.51. The van der Waals surface area contributed by atoms with Crippen molar-refractivity contribution in [3.05, 3.63) is 98.6 Å². The van der Waals surface area contributed by atoms with Crippen molar-refractivity contribution in [2.24, 2.45) is 18.0 Å². The molecular weight excluding hydrogens is 855 g/mol. The molecule has 4 N–H and O–H groups in total. The van der Waals surface area contributed by atoms with Gasteiger partial charge in [-0.15, -0.1) is 0 Å². The van der Waals surface area contributed by atoms with E-state index < -0.39 is 108 Å². The number of aromatic nitrogens is 4. The van der Waals surface area contributed by atoms with Crippen LogP contribution in [0.3, 0.4) is 0 Å². The predicted octanol–water partition coefficient (Wildman–Crippen LogP) is 7.53. The summed E-state index contributed by atoms with van der Waals surface area (Å²) in [6, 6.07) is 4.36. The van der Waals surface area contributed by atoms with Crippen LogP contribution in [0.15, 0.2) is 47.5 Å². The Labute approximate surface area is 345 Å². The van der Waals surface area contributed by atoms with Gasteiger partial charge in [0.05, 0.1) is 39.4 Å². The van der Waals surface area contributed by atoms with E-state index in [1.54, 1.807) is 6.26 Å². The number of benzene rings is 2. The van der Waals surface area contributed by atoms with Gasteiger partial charge < -0.3 is 20.3 Å². The van der Waals surface area contributed by atoms with E-state index in [0.29, 0.717) is 16.8 Å². The van der Waals surface area contributed by atoms with Crippen molar-refractivity contribution in [3.8, 4) is 0 Å². The molecule has 2 amide bonds. The second kappa shape index (κ2) is 18.0. The van der Waals surface area contributed by atoms with Gasteiger partial charge in [0.2, 0.25) is 5.91 Å². The first kappa shape index (κ1) is 45.6. The molecule has 0 aliphatic heterocycles. The van der Waals surface area contributed by atoms with Gasteiger partial charge in [-0.2, -0.15) is 32.1 Å². The second-order valence-electron chi connectivity index (χ2n) is 13.6. The van der Waals surface area contributed by atoms with E-state index in [0.717, 1.165) is 46.7 Å². The fourth-order valence-electron chi connectivity index (χ4n) is 6.84. The van der Waals surface area contributed by atoms with Crippen LogP contribution in [0, 0.1) is 23.0 Å². The number of anilines is 2.